The number of halogens is 1. The Morgan fingerprint density at radius 2 is 2.29 bits per heavy atom. The third kappa shape index (κ3) is 1.96. The molecular weight excluding hydrogens is 206 g/mol. The highest BCUT2D eigenvalue weighted by molar-refractivity contribution is 5.85. The van der Waals surface area contributed by atoms with Gasteiger partial charge in [-0.15, -0.1) is 12.4 Å². The smallest absolute Gasteiger partial charge is 0.348 e. The molecule has 1 aromatic rings. The van der Waals surface area contributed by atoms with Crippen molar-refractivity contribution in [1.82, 2.24) is 4.98 Å². The number of carboxylic acid groups (broad SMARTS) is 1. The van der Waals surface area contributed by atoms with Crippen LogP contribution in [0.3, 0.4) is 0 Å². The van der Waals surface area contributed by atoms with E-state index in [1.807, 2.05) is 0 Å². The number of carboxylic acids is 1. The molecule has 14 heavy (non-hydrogen) atoms. The average molecular weight is 216 g/mol. The first-order valence-electron chi connectivity index (χ1n) is 4.05. The highest BCUT2D eigenvalue weighted by Gasteiger charge is 2.53. The monoisotopic (exact) mass is 215 g/mol. The minimum atomic E-state index is -0.969. The van der Waals surface area contributed by atoms with Gasteiger partial charge >= 0.3 is 5.97 Å². The fourth-order valence-electron chi connectivity index (χ4n) is 1.11. The number of aliphatic carboxylic acids is 1. The number of aromatic nitrogens is 1. The minimum absolute atomic E-state index is 0. The Bertz CT molecular complexity index is 324. The number of hydrogen-bond acceptors (Lipinski definition) is 3. The second-order valence-corrected chi connectivity index (χ2v) is 3.09. The summed E-state index contributed by atoms with van der Waals surface area (Å²) in [5.74, 6) is -0.376. The molecule has 0 spiro atoms. The Morgan fingerprint density at radius 1 is 1.57 bits per heavy atom. The van der Waals surface area contributed by atoms with E-state index >= 15 is 0 Å². The Kier molecular flexibility index (Phi) is 2.96. The van der Waals surface area contributed by atoms with E-state index in [9.17, 15) is 4.79 Å². The molecule has 1 aliphatic rings. The highest BCUT2D eigenvalue weighted by Crippen LogP contribution is 2.40. The van der Waals surface area contributed by atoms with Gasteiger partial charge in [-0.05, 0) is 12.1 Å². The lowest BCUT2D eigenvalue weighted by Gasteiger charge is -2.12. The fourth-order valence-corrected chi connectivity index (χ4v) is 1.11. The van der Waals surface area contributed by atoms with Crippen molar-refractivity contribution >= 4 is 18.4 Å². The first-order valence-corrected chi connectivity index (χ1v) is 4.05. The zero-order valence-electron chi connectivity index (χ0n) is 7.34. The maximum atomic E-state index is 10.7. The summed E-state index contributed by atoms with van der Waals surface area (Å²) in [4.78, 5) is 14.6. The summed E-state index contributed by atoms with van der Waals surface area (Å²) in [6, 6.07) is 3.42. The van der Waals surface area contributed by atoms with Crippen LogP contribution in [0.15, 0.2) is 24.5 Å². The zero-order valence-corrected chi connectivity index (χ0v) is 8.16. The van der Waals surface area contributed by atoms with Crippen LogP contribution in [0.2, 0.25) is 0 Å². The molecule has 1 saturated carbocycles. The first-order chi connectivity index (χ1) is 6.23. The molecule has 1 N–H and O–H groups in total. The normalized spacial score (nSPS) is 16.6. The van der Waals surface area contributed by atoms with Crippen molar-refractivity contribution in [3.63, 3.8) is 0 Å². The Balaban J connectivity index is 0.000000980. The van der Waals surface area contributed by atoms with Gasteiger partial charge in [-0.25, -0.2) is 4.79 Å². The summed E-state index contributed by atoms with van der Waals surface area (Å²) in [5, 5.41) is 8.82. The van der Waals surface area contributed by atoms with Crippen molar-refractivity contribution in [2.24, 2.45) is 0 Å². The van der Waals surface area contributed by atoms with E-state index in [4.69, 9.17) is 9.84 Å². The summed E-state index contributed by atoms with van der Waals surface area (Å²) in [6.07, 6.45) is 4.30. The van der Waals surface area contributed by atoms with Crippen LogP contribution in [-0.2, 0) is 4.79 Å². The molecule has 1 aliphatic carbocycles. The Morgan fingerprint density at radius 3 is 2.71 bits per heavy atom. The van der Waals surface area contributed by atoms with Gasteiger partial charge in [0, 0.05) is 19.0 Å². The summed E-state index contributed by atoms with van der Waals surface area (Å²) in [6.45, 7) is 0. The molecule has 0 aromatic carbocycles. The number of hydrogen-bond donors (Lipinski definition) is 1. The van der Waals surface area contributed by atoms with Crippen molar-refractivity contribution in [2.75, 3.05) is 0 Å². The Hall–Kier alpha value is -1.29. The maximum absolute atomic E-state index is 10.7. The van der Waals surface area contributed by atoms with E-state index in [1.54, 1.807) is 18.3 Å². The lowest BCUT2D eigenvalue weighted by molar-refractivity contribution is -0.147. The third-order valence-corrected chi connectivity index (χ3v) is 2.04. The lowest BCUT2D eigenvalue weighted by Crippen LogP contribution is -2.28. The van der Waals surface area contributed by atoms with Crippen LogP contribution < -0.4 is 4.74 Å². The number of carbonyl (C=O) groups is 1. The predicted molar refractivity (Wildman–Crippen MR) is 51.7 cm³/mol. The topological polar surface area (TPSA) is 59.4 Å². The molecule has 0 bridgehead atoms. The second-order valence-electron chi connectivity index (χ2n) is 3.09. The maximum Gasteiger partial charge on any atom is 0.348 e. The molecule has 0 aliphatic heterocycles. The van der Waals surface area contributed by atoms with Gasteiger partial charge < -0.3 is 9.84 Å². The van der Waals surface area contributed by atoms with E-state index in [1.165, 1.54) is 6.20 Å². The van der Waals surface area contributed by atoms with Gasteiger partial charge in [-0.3, -0.25) is 4.98 Å². The van der Waals surface area contributed by atoms with Gasteiger partial charge in [0.15, 0.2) is 0 Å². The van der Waals surface area contributed by atoms with E-state index in [-0.39, 0.29) is 12.4 Å². The van der Waals surface area contributed by atoms with Gasteiger partial charge in [0.25, 0.3) is 0 Å². The third-order valence-electron chi connectivity index (χ3n) is 2.04. The predicted octanol–water partition coefficient (Wildman–Crippen LogP) is 1.50. The average Bonchev–Trinajstić information content (AvgIpc) is 2.87. The molecule has 0 saturated heterocycles. The molecule has 0 unspecified atom stereocenters. The summed E-state index contributed by atoms with van der Waals surface area (Å²) < 4.78 is 5.31. The van der Waals surface area contributed by atoms with E-state index < -0.39 is 11.6 Å². The molecule has 2 rings (SSSR count). The van der Waals surface area contributed by atoms with Crippen molar-refractivity contribution < 1.29 is 14.6 Å². The molecule has 0 amide bonds. The standard InChI is InChI=1S/C9H9NO3.ClH/c11-8(12)9(3-4-9)13-7-2-1-5-10-6-7;/h1-2,5-6H,3-4H2,(H,11,12);1H. The largest absolute Gasteiger partial charge is 0.478 e. The van der Waals surface area contributed by atoms with Crippen LogP contribution in [0.4, 0.5) is 0 Å². The number of rotatable bonds is 3. The van der Waals surface area contributed by atoms with Gasteiger partial charge in [0.1, 0.15) is 5.75 Å². The van der Waals surface area contributed by atoms with Crippen LogP contribution in [-0.4, -0.2) is 21.7 Å². The quantitative estimate of drug-likeness (QED) is 0.830. The van der Waals surface area contributed by atoms with Crippen LogP contribution in [0, 0.1) is 0 Å². The fraction of sp³-hybridized carbons (Fsp3) is 0.333. The molecule has 5 heteroatoms. The van der Waals surface area contributed by atoms with E-state index in [2.05, 4.69) is 4.98 Å². The minimum Gasteiger partial charge on any atom is -0.478 e. The molecule has 1 aromatic heterocycles. The molecule has 0 radical (unpaired) electrons. The van der Waals surface area contributed by atoms with Crippen LogP contribution in [0.5, 0.6) is 5.75 Å². The second kappa shape index (κ2) is 3.84. The number of nitrogens with zero attached hydrogens (tertiary/aromatic N) is 1. The summed E-state index contributed by atoms with van der Waals surface area (Å²) in [7, 11) is 0. The van der Waals surface area contributed by atoms with E-state index in [0.29, 0.717) is 18.6 Å². The van der Waals surface area contributed by atoms with Crippen LogP contribution >= 0.6 is 12.4 Å². The SMILES string of the molecule is Cl.O=C(O)C1(Oc2cccnc2)CC1. The van der Waals surface area contributed by atoms with Crippen molar-refractivity contribution in [1.29, 1.82) is 0 Å². The van der Waals surface area contributed by atoms with Crippen molar-refractivity contribution in [3.05, 3.63) is 24.5 Å². The lowest BCUT2D eigenvalue weighted by atomic mass is 10.3. The number of pyridine rings is 1. The Labute approximate surface area is 87.3 Å². The van der Waals surface area contributed by atoms with E-state index in [0.717, 1.165) is 0 Å². The molecule has 1 heterocycles. The molecule has 4 nitrogen and oxygen atoms in total. The molecule has 1 fully saturated rings. The van der Waals surface area contributed by atoms with Gasteiger partial charge in [-0.2, -0.15) is 0 Å². The van der Waals surface area contributed by atoms with Gasteiger partial charge in [-0.1, -0.05) is 0 Å². The van der Waals surface area contributed by atoms with Gasteiger partial charge in [0.05, 0.1) is 6.20 Å². The van der Waals surface area contributed by atoms with Crippen LogP contribution in [0.1, 0.15) is 12.8 Å². The molecule has 76 valence electrons. The summed E-state index contributed by atoms with van der Waals surface area (Å²) in [5.41, 5.74) is -0.969. The van der Waals surface area contributed by atoms with Crippen molar-refractivity contribution in [3.8, 4) is 5.75 Å². The molecular formula is C9H10ClNO3. The summed E-state index contributed by atoms with van der Waals surface area (Å²) >= 11 is 0. The van der Waals surface area contributed by atoms with Crippen molar-refractivity contribution in [2.45, 2.75) is 18.4 Å². The number of ether oxygens (including phenoxy) is 1. The highest BCUT2D eigenvalue weighted by atomic mass is 35.5. The van der Waals surface area contributed by atoms with Crippen LogP contribution in [0.25, 0.3) is 0 Å². The van der Waals surface area contributed by atoms with Gasteiger partial charge in [0.2, 0.25) is 5.60 Å². The first kappa shape index (κ1) is 10.8. The zero-order chi connectivity index (χ0) is 9.31. The molecule has 0 atom stereocenters.